The molecule has 2 aromatic heterocycles. The summed E-state index contributed by atoms with van der Waals surface area (Å²) < 4.78 is 23.9. The lowest BCUT2D eigenvalue weighted by molar-refractivity contribution is 0.235. The number of imidazole rings is 1. The molecular weight excluding hydrogens is 397 g/mol. The number of nitrogens with one attached hydrogen (secondary N) is 1. The van der Waals surface area contributed by atoms with Crippen molar-refractivity contribution in [3.63, 3.8) is 0 Å². The second-order valence-corrected chi connectivity index (χ2v) is 7.69. The third kappa shape index (κ3) is 3.25. The summed E-state index contributed by atoms with van der Waals surface area (Å²) in [5.74, 6) is 0.536. The van der Waals surface area contributed by atoms with Crippen LogP contribution in [0.2, 0.25) is 0 Å². The molecule has 0 atom stereocenters. The zero-order valence-corrected chi connectivity index (χ0v) is 17.0. The maximum absolute atomic E-state index is 15.2. The van der Waals surface area contributed by atoms with E-state index in [1.807, 2.05) is 25.2 Å². The molecule has 0 saturated heterocycles. The van der Waals surface area contributed by atoms with Gasteiger partial charge >= 0.3 is 5.69 Å². The molecule has 0 spiro atoms. The van der Waals surface area contributed by atoms with E-state index in [9.17, 15) is 4.79 Å². The van der Waals surface area contributed by atoms with Crippen molar-refractivity contribution in [1.82, 2.24) is 19.4 Å². The van der Waals surface area contributed by atoms with Crippen LogP contribution in [0.5, 0.6) is 11.5 Å². The predicted octanol–water partition coefficient (Wildman–Crippen LogP) is 3.62. The van der Waals surface area contributed by atoms with Crippen LogP contribution < -0.4 is 21.5 Å². The number of benzene rings is 2. The number of aromatic nitrogens is 3. The second-order valence-electron chi connectivity index (χ2n) is 7.69. The summed E-state index contributed by atoms with van der Waals surface area (Å²) in [6, 6.07) is 15.7. The Balaban J connectivity index is 1.60. The van der Waals surface area contributed by atoms with Crippen LogP contribution >= 0.6 is 0 Å². The Morgan fingerprint density at radius 1 is 1.13 bits per heavy atom. The van der Waals surface area contributed by atoms with Crippen molar-refractivity contribution in [2.75, 3.05) is 12.8 Å². The molecule has 0 amide bonds. The highest BCUT2D eigenvalue weighted by Gasteiger charge is 2.33. The first-order valence-corrected chi connectivity index (χ1v) is 10.1. The Bertz CT molecular complexity index is 1310. The van der Waals surface area contributed by atoms with Gasteiger partial charge in [0.1, 0.15) is 22.8 Å². The first-order valence-electron chi connectivity index (χ1n) is 10.1. The lowest BCUT2D eigenvalue weighted by atomic mass is 9.86. The molecule has 0 aliphatic heterocycles. The number of halogens is 1. The average molecular weight is 419 g/mol. The molecular formula is C23H22FN5O2. The van der Waals surface area contributed by atoms with Crippen LogP contribution in [0.15, 0.2) is 65.6 Å². The summed E-state index contributed by atoms with van der Waals surface area (Å²) in [7, 11) is 1.91. The number of pyridine rings is 1. The molecule has 1 fully saturated rings. The van der Waals surface area contributed by atoms with Gasteiger partial charge in [0, 0.05) is 24.3 Å². The summed E-state index contributed by atoms with van der Waals surface area (Å²) in [6.07, 6.45) is 3.22. The molecule has 4 aromatic rings. The highest BCUT2D eigenvalue weighted by Crippen LogP contribution is 2.35. The summed E-state index contributed by atoms with van der Waals surface area (Å²) in [5.41, 5.74) is 6.98. The fourth-order valence-corrected chi connectivity index (χ4v) is 4.16. The van der Waals surface area contributed by atoms with Crippen molar-refractivity contribution < 1.29 is 9.13 Å². The second kappa shape index (κ2) is 7.55. The van der Waals surface area contributed by atoms with Crippen molar-refractivity contribution in [2.45, 2.75) is 24.9 Å². The van der Waals surface area contributed by atoms with Crippen LogP contribution in [-0.4, -0.2) is 27.2 Å². The number of ether oxygens (including phenoxy) is 1. The SMILES string of the molecule is CNC1CC(n2c(=O)n(-c3ccc(Oc4ccccc4)cc3F)c3c(N)nccc32)C1. The number of anilines is 1. The van der Waals surface area contributed by atoms with E-state index in [1.54, 1.807) is 35.0 Å². The third-order valence-electron chi connectivity index (χ3n) is 5.84. The summed E-state index contributed by atoms with van der Waals surface area (Å²) in [4.78, 5) is 17.6. The van der Waals surface area contributed by atoms with Gasteiger partial charge in [-0.05, 0) is 50.2 Å². The molecule has 1 saturated carbocycles. The Labute approximate surface area is 177 Å². The molecule has 1 aliphatic rings. The molecule has 1 aliphatic carbocycles. The number of nitrogens with two attached hydrogens (primary N) is 1. The molecule has 158 valence electrons. The molecule has 2 aromatic carbocycles. The molecule has 2 heterocycles. The van der Waals surface area contributed by atoms with E-state index in [2.05, 4.69) is 10.3 Å². The Morgan fingerprint density at radius 2 is 1.90 bits per heavy atom. The third-order valence-corrected chi connectivity index (χ3v) is 5.84. The van der Waals surface area contributed by atoms with Crippen molar-refractivity contribution in [3.8, 4) is 17.2 Å². The fraction of sp³-hybridized carbons (Fsp3) is 0.217. The summed E-state index contributed by atoms with van der Waals surface area (Å²) in [5, 5.41) is 3.22. The van der Waals surface area contributed by atoms with E-state index in [4.69, 9.17) is 10.5 Å². The van der Waals surface area contributed by atoms with Gasteiger partial charge in [0.2, 0.25) is 0 Å². The minimum Gasteiger partial charge on any atom is -0.457 e. The van der Waals surface area contributed by atoms with Gasteiger partial charge in [0.05, 0.1) is 11.2 Å². The first kappa shape index (κ1) is 19.3. The van der Waals surface area contributed by atoms with Gasteiger partial charge < -0.3 is 15.8 Å². The summed E-state index contributed by atoms with van der Waals surface area (Å²) >= 11 is 0. The number of rotatable bonds is 5. The average Bonchev–Trinajstić information content (AvgIpc) is 3.02. The van der Waals surface area contributed by atoms with E-state index in [1.165, 1.54) is 16.7 Å². The largest absolute Gasteiger partial charge is 0.457 e. The normalized spacial score (nSPS) is 18.1. The highest BCUT2D eigenvalue weighted by molar-refractivity contribution is 5.87. The van der Waals surface area contributed by atoms with Gasteiger partial charge in [-0.15, -0.1) is 0 Å². The van der Waals surface area contributed by atoms with Crippen LogP contribution in [0.25, 0.3) is 16.7 Å². The molecule has 5 rings (SSSR count). The first-order chi connectivity index (χ1) is 15.1. The minimum atomic E-state index is -0.584. The smallest absolute Gasteiger partial charge is 0.334 e. The molecule has 7 nitrogen and oxygen atoms in total. The number of para-hydroxylation sites is 1. The molecule has 0 bridgehead atoms. The maximum Gasteiger partial charge on any atom is 0.334 e. The van der Waals surface area contributed by atoms with E-state index in [0.29, 0.717) is 28.6 Å². The monoisotopic (exact) mass is 419 g/mol. The van der Waals surface area contributed by atoms with Crippen LogP contribution in [0.3, 0.4) is 0 Å². The van der Waals surface area contributed by atoms with Crippen molar-refractivity contribution in [1.29, 1.82) is 0 Å². The van der Waals surface area contributed by atoms with Gasteiger partial charge in [-0.25, -0.2) is 14.2 Å². The Hall–Kier alpha value is -3.65. The fourth-order valence-electron chi connectivity index (χ4n) is 4.16. The molecule has 3 N–H and O–H groups in total. The molecule has 31 heavy (non-hydrogen) atoms. The number of nitrogen functional groups attached to an aromatic ring is 1. The Kier molecular flexibility index (Phi) is 4.71. The number of hydrogen-bond acceptors (Lipinski definition) is 5. The number of fused-ring (bicyclic) bond motifs is 1. The van der Waals surface area contributed by atoms with Gasteiger partial charge in [0.15, 0.2) is 5.82 Å². The summed E-state index contributed by atoms with van der Waals surface area (Å²) in [6.45, 7) is 0. The van der Waals surface area contributed by atoms with E-state index < -0.39 is 5.82 Å². The van der Waals surface area contributed by atoms with Crippen LogP contribution in [-0.2, 0) is 0 Å². The number of nitrogens with zero attached hydrogens (tertiary/aromatic N) is 3. The lowest BCUT2D eigenvalue weighted by Crippen LogP contribution is -2.43. The van der Waals surface area contributed by atoms with Crippen LogP contribution in [0.4, 0.5) is 10.2 Å². The van der Waals surface area contributed by atoms with E-state index in [0.717, 1.165) is 12.8 Å². The van der Waals surface area contributed by atoms with E-state index in [-0.39, 0.29) is 23.2 Å². The molecule has 8 heteroatoms. The van der Waals surface area contributed by atoms with Crippen molar-refractivity contribution >= 4 is 16.9 Å². The predicted molar refractivity (Wildman–Crippen MR) is 117 cm³/mol. The van der Waals surface area contributed by atoms with Crippen LogP contribution in [0.1, 0.15) is 18.9 Å². The zero-order chi connectivity index (χ0) is 21.5. The Morgan fingerprint density at radius 3 is 2.61 bits per heavy atom. The zero-order valence-electron chi connectivity index (χ0n) is 17.0. The van der Waals surface area contributed by atoms with E-state index >= 15 is 4.39 Å². The highest BCUT2D eigenvalue weighted by atomic mass is 19.1. The topological polar surface area (TPSA) is 87.1 Å². The quantitative estimate of drug-likeness (QED) is 0.516. The lowest BCUT2D eigenvalue weighted by Gasteiger charge is -2.35. The standard InChI is InChI=1S/C23H22FN5O2/c1-26-14-11-15(12-14)28-20-9-10-27-22(25)21(20)29(23(28)30)19-8-7-17(13-18(19)24)31-16-5-3-2-4-6-16/h2-10,13-15,26H,11-12H2,1H3,(H2,25,27). The van der Waals surface area contributed by atoms with Gasteiger partial charge in [-0.1, -0.05) is 18.2 Å². The van der Waals surface area contributed by atoms with Gasteiger partial charge in [-0.2, -0.15) is 0 Å². The minimum absolute atomic E-state index is 0.0271. The molecule has 0 unspecified atom stereocenters. The number of hydrogen-bond donors (Lipinski definition) is 2. The van der Waals surface area contributed by atoms with Crippen molar-refractivity contribution in [3.05, 3.63) is 77.1 Å². The van der Waals surface area contributed by atoms with Gasteiger partial charge in [0.25, 0.3) is 0 Å². The van der Waals surface area contributed by atoms with Crippen LogP contribution in [0, 0.1) is 5.82 Å². The maximum atomic E-state index is 15.2. The molecule has 0 radical (unpaired) electrons. The van der Waals surface area contributed by atoms with Crippen molar-refractivity contribution in [2.24, 2.45) is 0 Å². The van der Waals surface area contributed by atoms with Gasteiger partial charge in [-0.3, -0.25) is 9.13 Å².